The molecule has 1 aliphatic carbocycles. The average molecular weight is 359 g/mol. The fraction of sp³-hybridized carbons (Fsp3) is 0.588. The summed E-state index contributed by atoms with van der Waals surface area (Å²) in [7, 11) is 3.66. The molecule has 0 radical (unpaired) electrons. The Morgan fingerprint density at radius 2 is 2.08 bits per heavy atom. The maximum Gasteiger partial charge on any atom is 0.269 e. The van der Waals surface area contributed by atoms with Gasteiger partial charge in [-0.1, -0.05) is 19.3 Å². The van der Waals surface area contributed by atoms with E-state index >= 15 is 0 Å². The Hall–Kier alpha value is -2.71. The number of anilines is 1. The number of rotatable bonds is 6. The van der Waals surface area contributed by atoms with Crippen LogP contribution >= 0.6 is 0 Å². The van der Waals surface area contributed by atoms with Crippen molar-refractivity contribution < 1.29 is 4.79 Å². The average Bonchev–Trinajstić information content (AvgIpc) is 3.11. The molecule has 1 amide bonds. The third-order valence-electron chi connectivity index (χ3n) is 4.72. The lowest BCUT2D eigenvalue weighted by Crippen LogP contribution is -2.34. The van der Waals surface area contributed by atoms with Gasteiger partial charge in [0.25, 0.3) is 5.56 Å². The van der Waals surface area contributed by atoms with Gasteiger partial charge >= 0.3 is 0 Å². The minimum absolute atomic E-state index is 0.121. The Morgan fingerprint density at radius 1 is 1.31 bits per heavy atom. The van der Waals surface area contributed by atoms with E-state index in [1.165, 1.54) is 25.3 Å². The highest BCUT2D eigenvalue weighted by atomic mass is 16.2. The molecule has 0 aromatic carbocycles. The molecule has 0 saturated heterocycles. The molecule has 9 heteroatoms. The number of carbonyl (C=O) groups is 1. The van der Waals surface area contributed by atoms with E-state index in [0.717, 1.165) is 23.3 Å². The molecule has 9 nitrogen and oxygen atoms in total. The molecule has 1 aliphatic rings. The van der Waals surface area contributed by atoms with Gasteiger partial charge in [-0.05, 0) is 12.8 Å². The van der Waals surface area contributed by atoms with Crippen molar-refractivity contribution in [2.45, 2.75) is 51.2 Å². The molecule has 0 atom stereocenters. The zero-order valence-electron chi connectivity index (χ0n) is 15.3. The van der Waals surface area contributed by atoms with Crippen molar-refractivity contribution in [2.75, 3.05) is 19.0 Å². The zero-order chi connectivity index (χ0) is 18.5. The first-order valence-corrected chi connectivity index (χ1v) is 8.94. The lowest BCUT2D eigenvalue weighted by atomic mass is 9.95. The summed E-state index contributed by atoms with van der Waals surface area (Å²) in [5.74, 6) is 0.462. The second-order valence-corrected chi connectivity index (χ2v) is 6.83. The molecule has 0 bridgehead atoms. The molecule has 0 aliphatic heterocycles. The maximum atomic E-state index is 12.2. The van der Waals surface area contributed by atoms with E-state index < -0.39 is 0 Å². The first-order valence-electron chi connectivity index (χ1n) is 8.94. The molecule has 26 heavy (non-hydrogen) atoms. The van der Waals surface area contributed by atoms with Crippen LogP contribution in [-0.2, 0) is 17.9 Å². The van der Waals surface area contributed by atoms with Crippen molar-refractivity contribution in [3.8, 4) is 0 Å². The predicted molar refractivity (Wildman–Crippen MR) is 96.8 cm³/mol. The Morgan fingerprint density at radius 3 is 2.77 bits per heavy atom. The molecule has 2 heterocycles. The molecule has 140 valence electrons. The van der Waals surface area contributed by atoms with Gasteiger partial charge in [0, 0.05) is 26.2 Å². The molecular formula is C17H25N7O2. The van der Waals surface area contributed by atoms with E-state index in [1.54, 1.807) is 17.4 Å². The number of aromatic nitrogens is 5. The monoisotopic (exact) mass is 359 g/mol. The van der Waals surface area contributed by atoms with Crippen molar-refractivity contribution in [3.05, 3.63) is 34.8 Å². The van der Waals surface area contributed by atoms with Crippen LogP contribution in [0, 0.1) is 0 Å². The van der Waals surface area contributed by atoms with Crippen molar-refractivity contribution in [1.29, 1.82) is 0 Å². The van der Waals surface area contributed by atoms with Gasteiger partial charge in [-0.25, -0.2) is 4.68 Å². The fourth-order valence-electron chi connectivity index (χ4n) is 3.21. The fourth-order valence-corrected chi connectivity index (χ4v) is 3.21. The Labute approximate surface area is 152 Å². The van der Waals surface area contributed by atoms with Crippen LogP contribution in [0.25, 0.3) is 0 Å². The highest BCUT2D eigenvalue weighted by Crippen LogP contribution is 2.28. The van der Waals surface area contributed by atoms with Gasteiger partial charge in [0.2, 0.25) is 5.91 Å². The van der Waals surface area contributed by atoms with Crippen LogP contribution in [0.2, 0.25) is 0 Å². The molecule has 2 aromatic rings. The smallest absolute Gasteiger partial charge is 0.269 e. The molecule has 1 N–H and O–H groups in total. The van der Waals surface area contributed by atoms with Crippen LogP contribution in [-0.4, -0.2) is 44.5 Å². The minimum Gasteiger partial charge on any atom is -0.376 e. The van der Waals surface area contributed by atoms with Crippen molar-refractivity contribution in [3.63, 3.8) is 0 Å². The molecule has 0 spiro atoms. The number of carbonyl (C=O) groups excluding carboxylic acids is 1. The molecule has 2 aromatic heterocycles. The van der Waals surface area contributed by atoms with Gasteiger partial charge in [0.1, 0.15) is 12.9 Å². The number of nitrogens with one attached hydrogen (secondary N) is 1. The second-order valence-electron chi connectivity index (χ2n) is 6.83. The third kappa shape index (κ3) is 4.27. The van der Waals surface area contributed by atoms with Gasteiger partial charge in [0.05, 0.1) is 18.4 Å². The summed E-state index contributed by atoms with van der Waals surface area (Å²) in [6.07, 6.45) is 9.25. The van der Waals surface area contributed by atoms with E-state index in [-0.39, 0.29) is 18.0 Å². The van der Waals surface area contributed by atoms with Crippen LogP contribution in [0.15, 0.2) is 23.4 Å². The SMILES string of the molecule is CN(C)c1cnn(CC(=O)NCc2nncn2C2CCCCC2)c(=O)c1. The Kier molecular flexibility index (Phi) is 5.65. The normalized spacial score (nSPS) is 15.0. The molecule has 3 rings (SSSR count). The third-order valence-corrected chi connectivity index (χ3v) is 4.72. The first kappa shape index (κ1) is 18.1. The maximum absolute atomic E-state index is 12.2. The van der Waals surface area contributed by atoms with Gasteiger partial charge in [0.15, 0.2) is 5.82 Å². The molecule has 1 saturated carbocycles. The van der Waals surface area contributed by atoms with Crippen LogP contribution < -0.4 is 15.8 Å². The minimum atomic E-state index is -0.309. The quantitative estimate of drug-likeness (QED) is 0.816. The number of hydrogen-bond donors (Lipinski definition) is 1. The summed E-state index contributed by atoms with van der Waals surface area (Å²) in [5.41, 5.74) is 0.393. The topological polar surface area (TPSA) is 97.9 Å². The summed E-state index contributed by atoms with van der Waals surface area (Å²) in [5, 5.41) is 15.0. The van der Waals surface area contributed by atoms with Crippen LogP contribution in [0.3, 0.4) is 0 Å². The van der Waals surface area contributed by atoms with E-state index in [4.69, 9.17) is 0 Å². The van der Waals surface area contributed by atoms with Crippen LogP contribution in [0.5, 0.6) is 0 Å². The Bertz CT molecular complexity index is 805. The van der Waals surface area contributed by atoms with Gasteiger partial charge in [-0.3, -0.25) is 9.59 Å². The lowest BCUT2D eigenvalue weighted by molar-refractivity contribution is -0.122. The van der Waals surface area contributed by atoms with E-state index in [2.05, 4.69) is 25.2 Å². The summed E-state index contributed by atoms with van der Waals surface area (Å²) in [6, 6.07) is 1.87. The van der Waals surface area contributed by atoms with E-state index in [9.17, 15) is 9.59 Å². The second kappa shape index (κ2) is 8.11. The largest absolute Gasteiger partial charge is 0.376 e. The summed E-state index contributed by atoms with van der Waals surface area (Å²) in [4.78, 5) is 26.0. The molecular weight excluding hydrogens is 334 g/mol. The zero-order valence-corrected chi connectivity index (χ0v) is 15.3. The highest BCUT2D eigenvalue weighted by Gasteiger charge is 2.18. The Balaban J connectivity index is 1.58. The molecule has 1 fully saturated rings. The van der Waals surface area contributed by atoms with Crippen molar-refractivity contribution >= 4 is 11.6 Å². The lowest BCUT2D eigenvalue weighted by Gasteiger charge is -2.24. The summed E-state index contributed by atoms with van der Waals surface area (Å²) < 4.78 is 3.21. The number of hydrogen-bond acceptors (Lipinski definition) is 6. The highest BCUT2D eigenvalue weighted by molar-refractivity contribution is 5.75. The van der Waals surface area contributed by atoms with Gasteiger partial charge in [-0.2, -0.15) is 5.10 Å². The van der Waals surface area contributed by atoms with Gasteiger partial charge in [-0.15, -0.1) is 10.2 Å². The van der Waals surface area contributed by atoms with Crippen LogP contribution in [0.4, 0.5) is 5.69 Å². The van der Waals surface area contributed by atoms with Crippen LogP contribution in [0.1, 0.15) is 44.0 Å². The number of amides is 1. The van der Waals surface area contributed by atoms with Crippen molar-refractivity contribution in [1.82, 2.24) is 29.9 Å². The standard InChI is InChI=1S/C17H25N7O2/c1-22(2)14-8-17(26)24(20-9-14)11-16(25)18-10-15-21-19-12-23(15)13-6-4-3-5-7-13/h8-9,12-13H,3-7,10-11H2,1-2H3,(H,18,25). The van der Waals surface area contributed by atoms with E-state index in [0.29, 0.717) is 18.3 Å². The van der Waals surface area contributed by atoms with E-state index in [1.807, 2.05) is 14.1 Å². The van der Waals surface area contributed by atoms with Gasteiger partial charge < -0.3 is 14.8 Å². The number of nitrogens with zero attached hydrogens (tertiary/aromatic N) is 6. The molecule has 0 unspecified atom stereocenters. The summed E-state index contributed by atoms with van der Waals surface area (Å²) >= 11 is 0. The first-order chi connectivity index (χ1) is 12.5. The van der Waals surface area contributed by atoms with Crippen molar-refractivity contribution in [2.24, 2.45) is 0 Å². The predicted octanol–water partition coefficient (Wildman–Crippen LogP) is 0.722. The summed E-state index contributed by atoms with van der Waals surface area (Å²) in [6.45, 7) is 0.171.